The van der Waals surface area contributed by atoms with Crippen molar-refractivity contribution in [3.63, 3.8) is 0 Å². The van der Waals surface area contributed by atoms with E-state index in [1.54, 1.807) is 4.90 Å². The third kappa shape index (κ3) is 4.71. The van der Waals surface area contributed by atoms with E-state index in [4.69, 9.17) is 5.73 Å². The fourth-order valence-corrected chi connectivity index (χ4v) is 3.21. The van der Waals surface area contributed by atoms with E-state index in [1.807, 2.05) is 6.92 Å². The van der Waals surface area contributed by atoms with E-state index in [1.165, 1.54) is 16.7 Å². The number of hydrogen-bond acceptors (Lipinski definition) is 2. The average molecular weight is 317 g/mol. The molecular formula is C18H27N3O2. The molecule has 1 aromatic carbocycles. The molecule has 2 rings (SSSR count). The molecule has 0 unspecified atom stereocenters. The fourth-order valence-electron chi connectivity index (χ4n) is 3.21. The van der Waals surface area contributed by atoms with Gasteiger partial charge in [0.1, 0.15) is 0 Å². The maximum atomic E-state index is 12.4. The number of nitrogens with one attached hydrogen (secondary N) is 1. The van der Waals surface area contributed by atoms with Crippen molar-refractivity contribution in [2.24, 2.45) is 11.7 Å². The molecule has 126 valence electrons. The van der Waals surface area contributed by atoms with Crippen molar-refractivity contribution in [3.05, 3.63) is 34.9 Å². The number of piperidine rings is 1. The van der Waals surface area contributed by atoms with Gasteiger partial charge in [-0.25, -0.2) is 4.79 Å². The van der Waals surface area contributed by atoms with Crippen LogP contribution < -0.4 is 11.1 Å². The highest BCUT2D eigenvalue weighted by molar-refractivity contribution is 5.80. The zero-order chi connectivity index (χ0) is 17.0. The number of urea groups is 1. The summed E-state index contributed by atoms with van der Waals surface area (Å²) in [5.74, 6) is -0.133. The Morgan fingerprint density at radius 1 is 1.39 bits per heavy atom. The van der Waals surface area contributed by atoms with E-state index in [-0.39, 0.29) is 17.9 Å². The SMILES string of the molecule is Cc1ccc(C[C@@H](C)NC(=O)[C@@H]2CCCN(C(N)=O)C2)c(C)c1. The van der Waals surface area contributed by atoms with Crippen molar-refractivity contribution < 1.29 is 9.59 Å². The molecule has 3 N–H and O–H groups in total. The number of aryl methyl sites for hydroxylation is 2. The summed E-state index contributed by atoms with van der Waals surface area (Å²) in [6, 6.07) is 6.01. The Hall–Kier alpha value is -2.04. The summed E-state index contributed by atoms with van der Waals surface area (Å²) in [7, 11) is 0. The molecule has 1 saturated heterocycles. The Kier molecular flexibility index (Phi) is 5.64. The van der Waals surface area contributed by atoms with E-state index >= 15 is 0 Å². The number of nitrogens with zero attached hydrogens (tertiary/aromatic N) is 1. The summed E-state index contributed by atoms with van der Waals surface area (Å²) in [4.78, 5) is 25.2. The van der Waals surface area contributed by atoms with Crippen LogP contribution in [0.25, 0.3) is 0 Å². The van der Waals surface area contributed by atoms with E-state index in [2.05, 4.69) is 37.4 Å². The molecule has 5 nitrogen and oxygen atoms in total. The number of carbonyl (C=O) groups is 2. The number of likely N-dealkylation sites (tertiary alicyclic amines) is 1. The van der Waals surface area contributed by atoms with Crippen LogP contribution >= 0.6 is 0 Å². The summed E-state index contributed by atoms with van der Waals surface area (Å²) in [5, 5.41) is 3.08. The predicted octanol–water partition coefficient (Wildman–Crippen LogP) is 2.14. The summed E-state index contributed by atoms with van der Waals surface area (Å²) in [5.41, 5.74) is 9.07. The van der Waals surface area contributed by atoms with Gasteiger partial charge in [-0.15, -0.1) is 0 Å². The molecule has 0 aromatic heterocycles. The van der Waals surface area contributed by atoms with Gasteiger partial charge in [0.25, 0.3) is 0 Å². The van der Waals surface area contributed by atoms with Gasteiger partial charge >= 0.3 is 6.03 Å². The molecular weight excluding hydrogens is 290 g/mol. The van der Waals surface area contributed by atoms with Crippen molar-refractivity contribution in [3.8, 4) is 0 Å². The molecule has 1 aliphatic rings. The van der Waals surface area contributed by atoms with Crippen LogP contribution in [0.3, 0.4) is 0 Å². The molecule has 0 bridgehead atoms. The zero-order valence-electron chi connectivity index (χ0n) is 14.3. The third-order valence-electron chi connectivity index (χ3n) is 4.52. The number of nitrogens with two attached hydrogens (primary N) is 1. The molecule has 0 saturated carbocycles. The first kappa shape index (κ1) is 17.3. The number of amides is 3. The van der Waals surface area contributed by atoms with E-state index in [0.717, 1.165) is 19.3 Å². The second-order valence-electron chi connectivity index (χ2n) is 6.67. The average Bonchev–Trinajstić information content (AvgIpc) is 2.50. The first-order valence-corrected chi connectivity index (χ1v) is 8.27. The van der Waals surface area contributed by atoms with Gasteiger partial charge in [-0.2, -0.15) is 0 Å². The fraction of sp³-hybridized carbons (Fsp3) is 0.556. The number of primary amides is 1. The van der Waals surface area contributed by atoms with Crippen LogP contribution in [0.5, 0.6) is 0 Å². The first-order chi connectivity index (χ1) is 10.9. The van der Waals surface area contributed by atoms with E-state index in [0.29, 0.717) is 13.1 Å². The lowest BCUT2D eigenvalue weighted by atomic mass is 9.96. The number of rotatable bonds is 4. The van der Waals surface area contributed by atoms with Gasteiger partial charge in [0.05, 0.1) is 5.92 Å². The van der Waals surface area contributed by atoms with Gasteiger partial charge in [-0.05, 0) is 51.2 Å². The summed E-state index contributed by atoms with van der Waals surface area (Å²) in [6.07, 6.45) is 2.45. The minimum atomic E-state index is -0.439. The standard InChI is InChI=1S/C18H27N3O2/c1-12-6-7-15(13(2)9-12)10-14(3)20-17(22)16-5-4-8-21(11-16)18(19)23/h6-7,9,14,16H,4-5,8,10-11H2,1-3H3,(H2,19,23)(H,20,22)/t14-,16-/m1/s1. The van der Waals surface area contributed by atoms with Gasteiger partial charge in [-0.3, -0.25) is 4.79 Å². The Balaban J connectivity index is 1.90. The Bertz CT molecular complexity index is 586. The van der Waals surface area contributed by atoms with Crippen LogP contribution in [0.15, 0.2) is 18.2 Å². The van der Waals surface area contributed by atoms with Crippen molar-refractivity contribution in [2.45, 2.75) is 46.1 Å². The largest absolute Gasteiger partial charge is 0.353 e. The molecule has 1 heterocycles. The first-order valence-electron chi connectivity index (χ1n) is 8.27. The maximum absolute atomic E-state index is 12.4. The van der Waals surface area contributed by atoms with Crippen molar-refractivity contribution in [2.75, 3.05) is 13.1 Å². The highest BCUT2D eigenvalue weighted by Gasteiger charge is 2.28. The smallest absolute Gasteiger partial charge is 0.314 e. The predicted molar refractivity (Wildman–Crippen MR) is 91.1 cm³/mol. The van der Waals surface area contributed by atoms with Crippen LogP contribution in [0, 0.1) is 19.8 Å². The van der Waals surface area contributed by atoms with Crippen LogP contribution in [0.4, 0.5) is 4.79 Å². The Labute approximate surface area is 138 Å². The number of hydrogen-bond donors (Lipinski definition) is 2. The number of benzene rings is 1. The highest BCUT2D eigenvalue weighted by atomic mass is 16.2. The maximum Gasteiger partial charge on any atom is 0.314 e. The molecule has 0 aliphatic carbocycles. The topological polar surface area (TPSA) is 75.4 Å². The van der Waals surface area contributed by atoms with Crippen molar-refractivity contribution in [1.29, 1.82) is 0 Å². The molecule has 5 heteroatoms. The minimum Gasteiger partial charge on any atom is -0.353 e. The monoisotopic (exact) mass is 317 g/mol. The summed E-state index contributed by atoms with van der Waals surface area (Å²) >= 11 is 0. The summed E-state index contributed by atoms with van der Waals surface area (Å²) in [6.45, 7) is 7.28. The zero-order valence-corrected chi connectivity index (χ0v) is 14.3. The number of carbonyl (C=O) groups excluding carboxylic acids is 2. The molecule has 0 radical (unpaired) electrons. The Morgan fingerprint density at radius 3 is 2.78 bits per heavy atom. The molecule has 1 aliphatic heterocycles. The second-order valence-corrected chi connectivity index (χ2v) is 6.67. The molecule has 0 spiro atoms. The van der Waals surface area contributed by atoms with E-state index in [9.17, 15) is 9.59 Å². The van der Waals surface area contributed by atoms with Crippen LogP contribution in [0.1, 0.15) is 36.5 Å². The second kappa shape index (κ2) is 7.49. The normalized spacial score (nSPS) is 19.3. The van der Waals surface area contributed by atoms with Gasteiger partial charge in [0.2, 0.25) is 5.91 Å². The summed E-state index contributed by atoms with van der Waals surface area (Å²) < 4.78 is 0. The van der Waals surface area contributed by atoms with Gasteiger partial charge in [0.15, 0.2) is 0 Å². The van der Waals surface area contributed by atoms with Gasteiger partial charge < -0.3 is 16.0 Å². The lowest BCUT2D eigenvalue weighted by molar-refractivity contribution is -0.126. The quantitative estimate of drug-likeness (QED) is 0.892. The van der Waals surface area contributed by atoms with Crippen LogP contribution in [-0.2, 0) is 11.2 Å². The minimum absolute atomic E-state index is 0.0215. The van der Waals surface area contributed by atoms with Crippen LogP contribution in [-0.4, -0.2) is 36.0 Å². The van der Waals surface area contributed by atoms with E-state index < -0.39 is 6.03 Å². The van der Waals surface area contributed by atoms with Crippen molar-refractivity contribution in [1.82, 2.24) is 10.2 Å². The highest BCUT2D eigenvalue weighted by Crippen LogP contribution is 2.17. The molecule has 23 heavy (non-hydrogen) atoms. The van der Waals surface area contributed by atoms with Crippen molar-refractivity contribution >= 4 is 11.9 Å². The molecule has 1 aromatic rings. The lowest BCUT2D eigenvalue weighted by Crippen LogP contribution is -2.48. The lowest BCUT2D eigenvalue weighted by Gasteiger charge is -2.31. The third-order valence-corrected chi connectivity index (χ3v) is 4.52. The Morgan fingerprint density at radius 2 is 2.13 bits per heavy atom. The molecule has 2 atom stereocenters. The molecule has 3 amide bonds. The van der Waals surface area contributed by atoms with Gasteiger partial charge in [-0.1, -0.05) is 23.8 Å². The molecule has 1 fully saturated rings. The van der Waals surface area contributed by atoms with Gasteiger partial charge in [0, 0.05) is 19.1 Å². The van der Waals surface area contributed by atoms with Crippen LogP contribution in [0.2, 0.25) is 0 Å².